The Kier molecular flexibility index (Phi) is 9.53. The van der Waals surface area contributed by atoms with Crippen LogP contribution in [0.5, 0.6) is 0 Å². The summed E-state index contributed by atoms with van der Waals surface area (Å²) in [4.78, 5) is 27.0. The van der Waals surface area contributed by atoms with Gasteiger partial charge in [0.2, 0.25) is 16.0 Å². The molecule has 48 heavy (non-hydrogen) atoms. The number of para-hydroxylation sites is 1. The van der Waals surface area contributed by atoms with Crippen LogP contribution in [-0.2, 0) is 27.4 Å². The highest BCUT2D eigenvalue weighted by atomic mass is 32.2. The van der Waals surface area contributed by atoms with Crippen LogP contribution < -0.4 is 9.80 Å². The Morgan fingerprint density at radius 3 is 2.23 bits per heavy atom. The van der Waals surface area contributed by atoms with E-state index in [1.54, 1.807) is 55.5 Å². The van der Waals surface area contributed by atoms with Crippen molar-refractivity contribution in [3.8, 4) is 11.3 Å². The van der Waals surface area contributed by atoms with E-state index in [0.717, 1.165) is 12.1 Å². The summed E-state index contributed by atoms with van der Waals surface area (Å²) >= 11 is 0. The molecule has 252 valence electrons. The minimum atomic E-state index is -4.49. The number of anilines is 2. The van der Waals surface area contributed by atoms with Crippen LogP contribution in [0.1, 0.15) is 36.1 Å². The van der Waals surface area contributed by atoms with Crippen molar-refractivity contribution in [3.63, 3.8) is 0 Å². The monoisotopic (exact) mass is 681 g/mol. The number of benzene rings is 3. The topological polar surface area (TPSA) is 86.7 Å². The molecule has 4 aromatic rings. The van der Waals surface area contributed by atoms with Crippen molar-refractivity contribution >= 4 is 27.4 Å². The third kappa shape index (κ3) is 7.07. The molecule has 2 fully saturated rings. The van der Waals surface area contributed by atoms with E-state index in [4.69, 9.17) is 9.97 Å². The lowest BCUT2D eigenvalue weighted by Gasteiger charge is -2.36. The number of carbonyl (C=O) groups excluding carboxylic acids is 1. The van der Waals surface area contributed by atoms with Crippen molar-refractivity contribution in [3.05, 3.63) is 102 Å². The van der Waals surface area contributed by atoms with Crippen LogP contribution in [0.15, 0.2) is 83.8 Å². The van der Waals surface area contributed by atoms with E-state index in [1.165, 1.54) is 22.5 Å². The number of piperazine rings is 1. The summed E-state index contributed by atoms with van der Waals surface area (Å²) in [7, 11) is -3.88. The van der Waals surface area contributed by atoms with E-state index >= 15 is 0 Å². The molecule has 6 rings (SSSR count). The molecule has 8 nitrogen and oxygen atoms in total. The van der Waals surface area contributed by atoms with E-state index in [2.05, 4.69) is 0 Å². The summed E-state index contributed by atoms with van der Waals surface area (Å²) in [6.07, 6.45) is -3.29. The molecule has 0 saturated carbocycles. The molecule has 0 aliphatic carbocycles. The molecule has 0 unspecified atom stereocenters. The van der Waals surface area contributed by atoms with E-state index in [0.29, 0.717) is 73.2 Å². The highest BCUT2D eigenvalue weighted by Gasteiger charge is 2.39. The van der Waals surface area contributed by atoms with Crippen molar-refractivity contribution in [2.75, 3.05) is 42.5 Å². The van der Waals surface area contributed by atoms with Gasteiger partial charge in [0, 0.05) is 50.4 Å². The van der Waals surface area contributed by atoms with Gasteiger partial charge in [0.05, 0.1) is 27.9 Å². The molecule has 0 spiro atoms. The zero-order valence-electron chi connectivity index (χ0n) is 26.3. The van der Waals surface area contributed by atoms with Gasteiger partial charge in [0.15, 0.2) is 5.78 Å². The van der Waals surface area contributed by atoms with Crippen LogP contribution in [0.2, 0.25) is 0 Å². The molecule has 3 aromatic carbocycles. The van der Waals surface area contributed by atoms with Crippen LogP contribution in [0, 0.1) is 12.7 Å². The molecule has 13 heteroatoms. The molecule has 1 atom stereocenters. The summed E-state index contributed by atoms with van der Waals surface area (Å²) in [5, 5.41) is 0. The predicted octanol–water partition coefficient (Wildman–Crippen LogP) is 6.29. The largest absolute Gasteiger partial charge is 0.416 e. The fraction of sp³-hybridized carbons (Fsp3) is 0.343. The van der Waals surface area contributed by atoms with E-state index in [9.17, 15) is 30.8 Å². The van der Waals surface area contributed by atoms with Gasteiger partial charge in [-0.2, -0.15) is 17.5 Å². The summed E-state index contributed by atoms with van der Waals surface area (Å²) in [5.74, 6) is -0.182. The summed E-state index contributed by atoms with van der Waals surface area (Å²) in [6.45, 7) is 3.90. The van der Waals surface area contributed by atoms with Gasteiger partial charge in [-0.05, 0) is 68.1 Å². The predicted molar refractivity (Wildman–Crippen MR) is 175 cm³/mol. The maximum Gasteiger partial charge on any atom is 0.416 e. The Hall–Kier alpha value is -4.36. The number of ketones is 1. The zero-order valence-corrected chi connectivity index (χ0v) is 27.1. The lowest BCUT2D eigenvalue weighted by Crippen LogP contribution is -2.47. The summed E-state index contributed by atoms with van der Waals surface area (Å²) < 4.78 is 82.6. The van der Waals surface area contributed by atoms with Gasteiger partial charge in [0.25, 0.3) is 0 Å². The normalized spacial score (nSPS) is 17.6. The van der Waals surface area contributed by atoms with E-state index in [-0.39, 0.29) is 35.9 Å². The second-order valence-electron chi connectivity index (χ2n) is 12.1. The lowest BCUT2D eigenvalue weighted by atomic mass is 10.0. The Morgan fingerprint density at radius 1 is 0.875 bits per heavy atom. The van der Waals surface area contributed by atoms with Crippen LogP contribution in [0.4, 0.5) is 29.2 Å². The average molecular weight is 682 g/mol. The Labute approximate surface area is 277 Å². The van der Waals surface area contributed by atoms with Crippen molar-refractivity contribution in [2.45, 2.75) is 49.7 Å². The van der Waals surface area contributed by atoms with Crippen molar-refractivity contribution in [1.29, 1.82) is 0 Å². The van der Waals surface area contributed by atoms with E-state index in [1.807, 2.05) is 9.80 Å². The minimum absolute atomic E-state index is 0.0222. The number of aromatic nitrogens is 2. The fourth-order valence-corrected chi connectivity index (χ4v) is 8.23. The molecule has 3 heterocycles. The molecular weight excluding hydrogens is 646 g/mol. The Morgan fingerprint density at radius 2 is 1.54 bits per heavy atom. The number of rotatable bonds is 9. The number of halogens is 4. The fourth-order valence-electron chi connectivity index (χ4n) is 6.33. The first kappa shape index (κ1) is 33.5. The quantitative estimate of drug-likeness (QED) is 0.192. The van der Waals surface area contributed by atoms with Crippen LogP contribution >= 0.6 is 0 Å². The molecule has 0 radical (unpaired) electrons. The second kappa shape index (κ2) is 13.6. The number of nitrogens with zero attached hydrogens (tertiary/aromatic N) is 5. The van der Waals surface area contributed by atoms with Gasteiger partial charge >= 0.3 is 6.18 Å². The molecular formula is C35H35F4N5O3S. The molecule has 0 N–H and O–H groups in total. The first-order chi connectivity index (χ1) is 22.9. The molecule has 2 aliphatic rings. The number of sulfonamides is 1. The third-order valence-electron chi connectivity index (χ3n) is 8.91. The van der Waals surface area contributed by atoms with Crippen LogP contribution in [-0.4, -0.2) is 67.2 Å². The number of hydrogen-bond acceptors (Lipinski definition) is 7. The van der Waals surface area contributed by atoms with Crippen molar-refractivity contribution in [2.24, 2.45) is 0 Å². The summed E-state index contributed by atoms with van der Waals surface area (Å²) in [6, 6.07) is 18.8. The van der Waals surface area contributed by atoms with Gasteiger partial charge in [-0.25, -0.2) is 22.8 Å². The van der Waals surface area contributed by atoms with Crippen molar-refractivity contribution in [1.82, 2.24) is 14.3 Å². The standard InChI is InChI=1S/C35H35F4N5O3S/c1-24-7-2-5-11-33(24)48(46,47)44-18-6-10-31(44)32(45)17-16-27-23-29(25-12-14-26(15-13-25)35(37,38)39)41-34(40-27)43-21-19-42(20-22-43)30-9-4-3-8-28(30)36/h2-5,7-9,11-15,23,31H,6,10,16-22H2,1H3/t31-/m0/s1. The molecule has 0 bridgehead atoms. The van der Waals surface area contributed by atoms with E-state index < -0.39 is 27.8 Å². The SMILES string of the molecule is Cc1ccccc1S(=O)(=O)N1CCC[C@H]1C(=O)CCc1cc(-c2ccc(C(F)(F)F)cc2)nc(N2CCN(c3ccccc3F)CC2)n1. The summed E-state index contributed by atoms with van der Waals surface area (Å²) in [5.41, 5.74) is 1.69. The second-order valence-corrected chi connectivity index (χ2v) is 13.9. The minimum Gasteiger partial charge on any atom is -0.366 e. The number of Topliss-reactive ketones (excluding diaryl/α,β-unsaturated/α-hetero) is 1. The molecule has 1 aromatic heterocycles. The first-order valence-corrected chi connectivity index (χ1v) is 17.3. The Balaban J connectivity index is 1.23. The lowest BCUT2D eigenvalue weighted by molar-refractivity contribution is -0.137. The van der Waals surface area contributed by atoms with Crippen molar-refractivity contribution < 1.29 is 30.8 Å². The smallest absolute Gasteiger partial charge is 0.366 e. The first-order valence-electron chi connectivity index (χ1n) is 15.8. The number of carbonyl (C=O) groups is 1. The van der Waals surface area contributed by atoms with Gasteiger partial charge in [-0.15, -0.1) is 0 Å². The third-order valence-corrected chi connectivity index (χ3v) is 11.0. The highest BCUT2D eigenvalue weighted by Crippen LogP contribution is 2.32. The van der Waals surface area contributed by atoms with Gasteiger partial charge in [-0.3, -0.25) is 4.79 Å². The maximum absolute atomic E-state index is 14.4. The number of alkyl halides is 3. The van der Waals surface area contributed by atoms with Gasteiger partial charge < -0.3 is 9.80 Å². The molecule has 2 aliphatic heterocycles. The van der Waals surface area contributed by atoms with Gasteiger partial charge in [-0.1, -0.05) is 42.5 Å². The highest BCUT2D eigenvalue weighted by molar-refractivity contribution is 7.89. The van der Waals surface area contributed by atoms with Crippen LogP contribution in [0.25, 0.3) is 11.3 Å². The molecule has 2 saturated heterocycles. The number of hydrogen-bond donors (Lipinski definition) is 0. The zero-order chi connectivity index (χ0) is 34.1. The molecule has 0 amide bonds. The van der Waals surface area contributed by atoms with Crippen LogP contribution in [0.3, 0.4) is 0 Å². The van der Waals surface area contributed by atoms with Gasteiger partial charge in [0.1, 0.15) is 5.82 Å². The Bertz CT molecular complexity index is 1900. The number of aryl methyl sites for hydroxylation is 2. The average Bonchev–Trinajstić information content (AvgIpc) is 3.59. The maximum atomic E-state index is 14.4.